The molecular formula is C20H15N5O. The molecule has 1 N–H and O–H groups in total. The predicted octanol–water partition coefficient (Wildman–Crippen LogP) is 2.86. The van der Waals surface area contributed by atoms with E-state index >= 15 is 0 Å². The molecule has 0 aliphatic rings. The molecule has 6 nitrogen and oxygen atoms in total. The third-order valence-corrected chi connectivity index (χ3v) is 4.42. The van der Waals surface area contributed by atoms with Crippen molar-refractivity contribution in [1.29, 1.82) is 5.26 Å². The average molecular weight is 341 g/mol. The maximum absolute atomic E-state index is 12.9. The highest BCUT2D eigenvalue weighted by molar-refractivity contribution is 5.76. The molecule has 0 spiro atoms. The van der Waals surface area contributed by atoms with E-state index in [0.29, 0.717) is 28.9 Å². The van der Waals surface area contributed by atoms with Crippen LogP contribution >= 0.6 is 0 Å². The summed E-state index contributed by atoms with van der Waals surface area (Å²) in [5.74, 6) is 0. The monoisotopic (exact) mass is 341 g/mol. The summed E-state index contributed by atoms with van der Waals surface area (Å²) in [5.41, 5.74) is 5.19. The van der Waals surface area contributed by atoms with Crippen LogP contribution in [-0.4, -0.2) is 19.6 Å². The van der Waals surface area contributed by atoms with Crippen molar-refractivity contribution in [1.82, 2.24) is 19.6 Å². The number of pyridine rings is 1. The molecule has 4 aromatic rings. The van der Waals surface area contributed by atoms with E-state index in [4.69, 9.17) is 5.26 Å². The van der Waals surface area contributed by atoms with Crippen molar-refractivity contribution < 1.29 is 0 Å². The summed E-state index contributed by atoms with van der Waals surface area (Å²) in [4.78, 5) is 21.6. The van der Waals surface area contributed by atoms with Crippen molar-refractivity contribution in [2.45, 2.75) is 13.3 Å². The zero-order valence-corrected chi connectivity index (χ0v) is 14.1. The van der Waals surface area contributed by atoms with Gasteiger partial charge in [-0.3, -0.25) is 14.9 Å². The fraction of sp³-hybridized carbons (Fsp3) is 0.100. The molecule has 6 heteroatoms. The van der Waals surface area contributed by atoms with Crippen LogP contribution in [0.3, 0.4) is 0 Å². The molecule has 0 amide bonds. The summed E-state index contributed by atoms with van der Waals surface area (Å²) < 4.78 is 1.47. The van der Waals surface area contributed by atoms with Crippen molar-refractivity contribution in [2.24, 2.45) is 0 Å². The van der Waals surface area contributed by atoms with Gasteiger partial charge in [0.1, 0.15) is 0 Å². The number of rotatable bonds is 3. The number of H-pyrrole nitrogens is 1. The highest BCUT2D eigenvalue weighted by Gasteiger charge is 2.15. The van der Waals surface area contributed by atoms with Gasteiger partial charge in [-0.15, -0.1) is 0 Å². The highest BCUT2D eigenvalue weighted by Crippen LogP contribution is 2.22. The van der Waals surface area contributed by atoms with Crippen molar-refractivity contribution in [2.75, 3.05) is 0 Å². The van der Waals surface area contributed by atoms with Crippen LogP contribution in [0.2, 0.25) is 0 Å². The van der Waals surface area contributed by atoms with Crippen molar-refractivity contribution in [3.05, 3.63) is 87.7 Å². The second kappa shape index (κ2) is 6.30. The summed E-state index contributed by atoms with van der Waals surface area (Å²) in [7, 11) is 0. The van der Waals surface area contributed by atoms with Gasteiger partial charge in [-0.2, -0.15) is 5.26 Å². The van der Waals surface area contributed by atoms with E-state index in [0.717, 1.165) is 16.7 Å². The number of hydrogen-bond donors (Lipinski definition) is 1. The number of nitriles is 1. The summed E-state index contributed by atoms with van der Waals surface area (Å²) in [6.07, 6.45) is 5.67. The van der Waals surface area contributed by atoms with Gasteiger partial charge in [-0.1, -0.05) is 12.1 Å². The van der Waals surface area contributed by atoms with Gasteiger partial charge in [-0.05, 0) is 42.3 Å². The summed E-state index contributed by atoms with van der Waals surface area (Å²) in [6.45, 7) is 1.85. The first-order valence-electron chi connectivity index (χ1n) is 8.16. The van der Waals surface area contributed by atoms with Gasteiger partial charge in [0.25, 0.3) is 5.56 Å². The van der Waals surface area contributed by atoms with Crippen LogP contribution in [0, 0.1) is 18.3 Å². The summed E-state index contributed by atoms with van der Waals surface area (Å²) in [6, 6.07) is 13.1. The molecule has 0 fully saturated rings. The average Bonchev–Trinajstić information content (AvgIpc) is 3.10. The van der Waals surface area contributed by atoms with Crippen LogP contribution in [0.1, 0.15) is 22.4 Å². The first kappa shape index (κ1) is 15.8. The zero-order chi connectivity index (χ0) is 18.1. The molecule has 4 rings (SSSR count). The Morgan fingerprint density at radius 2 is 1.88 bits per heavy atom. The van der Waals surface area contributed by atoms with Crippen molar-refractivity contribution in [3.63, 3.8) is 0 Å². The molecule has 1 aromatic carbocycles. The minimum absolute atomic E-state index is 0.114. The van der Waals surface area contributed by atoms with Gasteiger partial charge in [0, 0.05) is 41.8 Å². The number of fused-ring (bicyclic) bond motifs is 1. The maximum atomic E-state index is 12.9. The van der Waals surface area contributed by atoms with Gasteiger partial charge < -0.3 is 0 Å². The van der Waals surface area contributed by atoms with E-state index in [1.54, 1.807) is 30.7 Å². The molecule has 0 saturated carbocycles. The summed E-state index contributed by atoms with van der Waals surface area (Å²) >= 11 is 0. The summed E-state index contributed by atoms with van der Waals surface area (Å²) in [5, 5.41) is 11.9. The second-order valence-corrected chi connectivity index (χ2v) is 6.05. The number of aryl methyl sites for hydroxylation is 1. The Hall–Kier alpha value is -3.72. The molecule has 126 valence electrons. The molecule has 3 aromatic heterocycles. The van der Waals surface area contributed by atoms with Gasteiger partial charge in [0.05, 0.1) is 11.6 Å². The van der Waals surface area contributed by atoms with Crippen LogP contribution < -0.4 is 5.56 Å². The van der Waals surface area contributed by atoms with E-state index in [2.05, 4.69) is 21.1 Å². The second-order valence-electron chi connectivity index (χ2n) is 6.05. The highest BCUT2D eigenvalue weighted by atomic mass is 16.1. The van der Waals surface area contributed by atoms with Crippen molar-refractivity contribution >= 4 is 5.65 Å². The molecular weight excluding hydrogens is 326 g/mol. The molecule has 26 heavy (non-hydrogen) atoms. The lowest BCUT2D eigenvalue weighted by Gasteiger charge is -2.07. The lowest BCUT2D eigenvalue weighted by atomic mass is 10.0. The van der Waals surface area contributed by atoms with Gasteiger partial charge in [0.15, 0.2) is 5.65 Å². The Morgan fingerprint density at radius 3 is 2.58 bits per heavy atom. The quantitative estimate of drug-likeness (QED) is 0.621. The lowest BCUT2D eigenvalue weighted by Crippen LogP contribution is -2.22. The molecule has 0 radical (unpaired) electrons. The Bertz CT molecular complexity index is 1180. The number of hydrogen-bond acceptors (Lipinski definition) is 4. The zero-order valence-electron chi connectivity index (χ0n) is 14.1. The fourth-order valence-corrected chi connectivity index (χ4v) is 3.01. The topological polar surface area (TPSA) is 86.8 Å². The Morgan fingerprint density at radius 1 is 1.15 bits per heavy atom. The number of aromatic amines is 1. The molecule has 0 saturated heterocycles. The third kappa shape index (κ3) is 2.66. The minimum Gasteiger partial charge on any atom is -0.296 e. The largest absolute Gasteiger partial charge is 0.296 e. The van der Waals surface area contributed by atoms with E-state index < -0.39 is 0 Å². The number of nitrogens with zero attached hydrogens (tertiary/aromatic N) is 4. The normalized spacial score (nSPS) is 10.8. The molecule has 0 unspecified atom stereocenters. The van der Waals surface area contributed by atoms with Crippen LogP contribution in [0.15, 0.2) is 59.8 Å². The number of nitrogens with one attached hydrogen (secondary N) is 1. The lowest BCUT2D eigenvalue weighted by molar-refractivity contribution is 0.860. The molecule has 0 atom stereocenters. The first-order chi connectivity index (χ1) is 12.7. The predicted molar refractivity (Wildman–Crippen MR) is 97.7 cm³/mol. The van der Waals surface area contributed by atoms with Gasteiger partial charge >= 0.3 is 0 Å². The van der Waals surface area contributed by atoms with Crippen molar-refractivity contribution in [3.8, 4) is 17.2 Å². The minimum atomic E-state index is -0.114. The number of benzene rings is 1. The van der Waals surface area contributed by atoms with Gasteiger partial charge in [-0.25, -0.2) is 9.50 Å². The standard InChI is InChI=1S/C20H15N5O/c1-13-17(10-14-2-4-15(11-21)5-3-14)20(26)25-19(24-13)18(12-23-25)16-6-8-22-9-7-16/h2-9,12,23H,10H2,1H3. The molecule has 3 heterocycles. The molecule has 0 aliphatic heterocycles. The smallest absolute Gasteiger partial charge is 0.276 e. The van der Waals surface area contributed by atoms with E-state index in [-0.39, 0.29) is 5.56 Å². The van der Waals surface area contributed by atoms with Crippen LogP contribution in [-0.2, 0) is 6.42 Å². The van der Waals surface area contributed by atoms with E-state index in [1.165, 1.54) is 4.52 Å². The maximum Gasteiger partial charge on any atom is 0.276 e. The van der Waals surface area contributed by atoms with Crippen LogP contribution in [0.25, 0.3) is 16.8 Å². The SMILES string of the molecule is Cc1nc2c(-c3ccncc3)c[nH]n2c(=O)c1Cc1ccc(C#N)cc1. The van der Waals surface area contributed by atoms with E-state index in [1.807, 2.05) is 31.2 Å². The number of aromatic nitrogens is 4. The third-order valence-electron chi connectivity index (χ3n) is 4.42. The Balaban J connectivity index is 1.80. The van der Waals surface area contributed by atoms with Gasteiger partial charge in [0.2, 0.25) is 0 Å². The Kier molecular flexibility index (Phi) is 3.82. The van der Waals surface area contributed by atoms with E-state index in [9.17, 15) is 4.79 Å². The van der Waals surface area contributed by atoms with Crippen LogP contribution in [0.4, 0.5) is 0 Å². The fourth-order valence-electron chi connectivity index (χ4n) is 3.01. The van der Waals surface area contributed by atoms with Crippen LogP contribution in [0.5, 0.6) is 0 Å². The first-order valence-corrected chi connectivity index (χ1v) is 8.16. The Labute approximate surface area is 149 Å². The molecule has 0 bridgehead atoms. The molecule has 0 aliphatic carbocycles.